The standard InChI is InChI=1S/C30H37ClN6O4S.CH5N/c1-4-22-18-35(12-13-37(19-22)29(38)27-16-32-33-21(27)3)20(2)17-36-11-5-6-28(30(36)39)34-42(40,41)26-10-8-23-14-25(31)9-7-24(23)15-26;1-2/h7-10,14-16,22,28,34H,2,4-6,11-13,17-19H2,1,3H3,(H,32,33);2H2,1H3/t22?,28-;/m0./s1. The Hall–Kier alpha value is -3.45. The van der Waals surface area contributed by atoms with Crippen molar-refractivity contribution in [1.82, 2.24) is 29.6 Å². The molecular formula is C31H42ClN7O4S. The maximum atomic E-state index is 13.5. The van der Waals surface area contributed by atoms with E-state index in [1.165, 1.54) is 13.1 Å². The topological polar surface area (TPSA) is 145 Å². The van der Waals surface area contributed by atoms with Crippen molar-refractivity contribution in [2.45, 2.75) is 44.0 Å². The highest BCUT2D eigenvalue weighted by molar-refractivity contribution is 7.89. The average molecular weight is 644 g/mol. The highest BCUT2D eigenvalue weighted by Gasteiger charge is 2.34. The number of hydrogen-bond acceptors (Lipinski definition) is 7. The number of aryl methyl sites for hydroxylation is 1. The summed E-state index contributed by atoms with van der Waals surface area (Å²) in [4.78, 5) is 32.5. The number of halogens is 1. The third kappa shape index (κ3) is 7.60. The molecule has 3 aromatic rings. The minimum absolute atomic E-state index is 0.0382. The molecule has 238 valence electrons. The monoisotopic (exact) mass is 643 g/mol. The number of H-pyrrole nitrogens is 1. The van der Waals surface area contributed by atoms with E-state index in [0.717, 1.165) is 35.1 Å². The number of rotatable bonds is 8. The van der Waals surface area contributed by atoms with Crippen LogP contribution in [0, 0.1) is 12.8 Å². The SMILES string of the molecule is C=C(CN1CCC[C@H](NS(=O)(=O)c2ccc3cc(Cl)ccc3c2)C1=O)N1CCN(C(=O)c2cn[nH]c2C)CC(CC)C1.CN. The van der Waals surface area contributed by atoms with Gasteiger partial charge in [-0.15, -0.1) is 0 Å². The lowest BCUT2D eigenvalue weighted by atomic mass is 10.0. The number of nitrogens with two attached hydrogens (primary N) is 1. The van der Waals surface area contributed by atoms with Crippen molar-refractivity contribution >= 4 is 44.2 Å². The van der Waals surface area contributed by atoms with Crippen molar-refractivity contribution in [2.75, 3.05) is 46.3 Å². The van der Waals surface area contributed by atoms with Crippen LogP contribution in [0.5, 0.6) is 0 Å². The number of aromatic amines is 1. The molecule has 4 N–H and O–H groups in total. The highest BCUT2D eigenvalue weighted by Crippen LogP contribution is 2.25. The van der Waals surface area contributed by atoms with Gasteiger partial charge >= 0.3 is 0 Å². The van der Waals surface area contributed by atoms with Crippen molar-refractivity contribution in [2.24, 2.45) is 11.7 Å². The van der Waals surface area contributed by atoms with Gasteiger partial charge in [-0.2, -0.15) is 9.82 Å². The summed E-state index contributed by atoms with van der Waals surface area (Å²) in [6.07, 6.45) is 3.57. The molecule has 0 aliphatic carbocycles. The number of benzene rings is 2. The number of nitrogens with zero attached hydrogens (tertiary/aromatic N) is 4. The van der Waals surface area contributed by atoms with E-state index in [2.05, 4.69) is 39.1 Å². The summed E-state index contributed by atoms with van der Waals surface area (Å²) in [6.45, 7) is 11.6. The third-order valence-corrected chi connectivity index (χ3v) is 9.96. The molecule has 3 heterocycles. The first kappa shape index (κ1) is 33.4. The van der Waals surface area contributed by atoms with Crippen LogP contribution in [0.25, 0.3) is 10.8 Å². The van der Waals surface area contributed by atoms with Gasteiger partial charge in [0.1, 0.15) is 6.04 Å². The molecule has 2 aliphatic heterocycles. The van der Waals surface area contributed by atoms with Crippen LogP contribution >= 0.6 is 11.6 Å². The number of fused-ring (bicyclic) bond motifs is 1. The number of amides is 2. The fraction of sp³-hybridized carbons (Fsp3) is 0.452. The second-order valence-corrected chi connectivity index (χ2v) is 13.3. The number of carbonyl (C=O) groups is 2. The number of carbonyl (C=O) groups excluding carboxylic acids is 2. The molecule has 13 heteroatoms. The molecule has 1 aromatic heterocycles. The Morgan fingerprint density at radius 1 is 1.11 bits per heavy atom. The van der Waals surface area contributed by atoms with Gasteiger partial charge in [-0.05, 0) is 74.2 Å². The first-order valence-electron chi connectivity index (χ1n) is 14.9. The number of piperidine rings is 1. The lowest BCUT2D eigenvalue weighted by Crippen LogP contribution is -2.53. The van der Waals surface area contributed by atoms with E-state index in [-0.39, 0.29) is 22.6 Å². The van der Waals surface area contributed by atoms with E-state index in [9.17, 15) is 18.0 Å². The van der Waals surface area contributed by atoms with Gasteiger partial charge in [0.05, 0.1) is 23.2 Å². The van der Waals surface area contributed by atoms with E-state index in [0.29, 0.717) is 56.2 Å². The van der Waals surface area contributed by atoms with E-state index >= 15 is 0 Å². The fourth-order valence-corrected chi connectivity index (χ4v) is 7.15. The van der Waals surface area contributed by atoms with Crippen LogP contribution < -0.4 is 10.5 Å². The second kappa shape index (κ2) is 14.6. The summed E-state index contributed by atoms with van der Waals surface area (Å²) in [5.74, 6) is -0.0497. The molecule has 0 bridgehead atoms. The number of hydrogen-bond donors (Lipinski definition) is 3. The van der Waals surface area contributed by atoms with Gasteiger partial charge in [0.25, 0.3) is 5.91 Å². The molecular weight excluding hydrogens is 602 g/mol. The van der Waals surface area contributed by atoms with Crippen LogP contribution in [-0.4, -0.2) is 97.5 Å². The number of sulfonamides is 1. The highest BCUT2D eigenvalue weighted by atomic mass is 35.5. The van der Waals surface area contributed by atoms with Crippen molar-refractivity contribution in [3.63, 3.8) is 0 Å². The van der Waals surface area contributed by atoms with Crippen LogP contribution in [0.3, 0.4) is 0 Å². The largest absolute Gasteiger partial charge is 0.372 e. The van der Waals surface area contributed by atoms with Gasteiger partial charge in [0, 0.05) is 49.1 Å². The molecule has 2 saturated heterocycles. The maximum Gasteiger partial charge on any atom is 0.257 e. The Kier molecular flexibility index (Phi) is 11.1. The summed E-state index contributed by atoms with van der Waals surface area (Å²) < 4.78 is 29.2. The summed E-state index contributed by atoms with van der Waals surface area (Å²) >= 11 is 6.06. The van der Waals surface area contributed by atoms with Crippen molar-refractivity contribution < 1.29 is 18.0 Å². The molecule has 44 heavy (non-hydrogen) atoms. The van der Waals surface area contributed by atoms with Crippen LogP contribution in [0.15, 0.2) is 59.8 Å². The van der Waals surface area contributed by atoms with Gasteiger partial charge in [-0.25, -0.2) is 8.42 Å². The van der Waals surface area contributed by atoms with Gasteiger partial charge in [-0.3, -0.25) is 14.7 Å². The fourth-order valence-electron chi connectivity index (χ4n) is 5.72. The first-order chi connectivity index (χ1) is 21.1. The smallest absolute Gasteiger partial charge is 0.257 e. The van der Waals surface area contributed by atoms with Crippen molar-refractivity contribution in [3.05, 3.63) is 71.2 Å². The Morgan fingerprint density at radius 2 is 1.80 bits per heavy atom. The first-order valence-corrected chi connectivity index (χ1v) is 16.7. The predicted molar refractivity (Wildman–Crippen MR) is 173 cm³/mol. The van der Waals surface area contributed by atoms with E-state index in [1.807, 2.05) is 11.8 Å². The van der Waals surface area contributed by atoms with E-state index in [1.54, 1.807) is 41.4 Å². The predicted octanol–water partition coefficient (Wildman–Crippen LogP) is 3.37. The van der Waals surface area contributed by atoms with E-state index in [4.69, 9.17) is 11.6 Å². The number of likely N-dealkylation sites (tertiary alicyclic amines) is 1. The van der Waals surface area contributed by atoms with Gasteiger partial charge < -0.3 is 20.4 Å². The number of nitrogens with one attached hydrogen (secondary N) is 2. The second-order valence-electron chi connectivity index (χ2n) is 11.2. The van der Waals surface area contributed by atoms with Crippen LogP contribution in [0.1, 0.15) is 42.2 Å². The molecule has 0 radical (unpaired) electrons. The molecule has 0 saturated carbocycles. The molecule has 1 unspecified atom stereocenters. The molecule has 2 fully saturated rings. The Balaban J connectivity index is 0.00000216. The number of aromatic nitrogens is 2. The molecule has 0 spiro atoms. The van der Waals surface area contributed by atoms with E-state index < -0.39 is 16.1 Å². The lowest BCUT2D eigenvalue weighted by Gasteiger charge is -2.36. The summed E-state index contributed by atoms with van der Waals surface area (Å²) in [7, 11) is -2.43. The van der Waals surface area contributed by atoms with Gasteiger partial charge in [0.15, 0.2) is 0 Å². The zero-order valence-corrected chi connectivity index (χ0v) is 27.1. The summed E-state index contributed by atoms with van der Waals surface area (Å²) in [5, 5.41) is 8.99. The Bertz CT molecular complexity index is 1610. The Morgan fingerprint density at radius 3 is 2.50 bits per heavy atom. The molecule has 5 rings (SSSR count). The lowest BCUT2D eigenvalue weighted by molar-refractivity contribution is -0.135. The van der Waals surface area contributed by atoms with Crippen LogP contribution in [0.2, 0.25) is 5.02 Å². The van der Waals surface area contributed by atoms with Gasteiger partial charge in [-0.1, -0.05) is 37.2 Å². The maximum absolute atomic E-state index is 13.5. The normalized spacial score (nSPS) is 19.4. The minimum Gasteiger partial charge on any atom is -0.372 e. The van der Waals surface area contributed by atoms with Crippen molar-refractivity contribution in [3.8, 4) is 0 Å². The zero-order chi connectivity index (χ0) is 32.0. The van der Waals surface area contributed by atoms with Crippen molar-refractivity contribution in [1.29, 1.82) is 0 Å². The molecule has 2 amide bonds. The molecule has 2 aromatic carbocycles. The minimum atomic E-state index is -3.93. The molecule has 2 aliphatic rings. The average Bonchev–Trinajstić information content (AvgIpc) is 3.32. The van der Waals surface area contributed by atoms with Gasteiger partial charge in [0.2, 0.25) is 15.9 Å². The van der Waals surface area contributed by atoms with Crippen LogP contribution in [-0.2, 0) is 14.8 Å². The third-order valence-electron chi connectivity index (χ3n) is 8.25. The quantitative estimate of drug-likeness (QED) is 0.341. The van der Waals surface area contributed by atoms with Crippen LogP contribution in [0.4, 0.5) is 0 Å². The zero-order valence-electron chi connectivity index (χ0n) is 25.6. The molecule has 11 nitrogen and oxygen atoms in total. The molecule has 2 atom stereocenters. The summed E-state index contributed by atoms with van der Waals surface area (Å²) in [6, 6.07) is 9.24. The summed E-state index contributed by atoms with van der Waals surface area (Å²) in [5.41, 5.74) is 6.61. The Labute approximate surface area is 264 Å².